The van der Waals surface area contributed by atoms with E-state index in [0.717, 1.165) is 0 Å². The molecular weight excluding hydrogens is 226 g/mol. The molecule has 0 bridgehead atoms. The fourth-order valence-electron chi connectivity index (χ4n) is 1.28. The number of nitrogen functional groups attached to an aromatic ring is 1. The third kappa shape index (κ3) is 2.60. The Kier molecular flexibility index (Phi) is 3.35. The Balaban J connectivity index is 2.06. The van der Waals surface area contributed by atoms with Crippen molar-refractivity contribution in [3.8, 4) is 0 Å². The third-order valence-electron chi connectivity index (χ3n) is 2.17. The van der Waals surface area contributed by atoms with Crippen molar-refractivity contribution in [1.29, 1.82) is 0 Å². The van der Waals surface area contributed by atoms with E-state index in [1.54, 1.807) is 0 Å². The molecule has 4 N–H and O–H groups in total. The van der Waals surface area contributed by atoms with Gasteiger partial charge in [-0.25, -0.2) is 9.97 Å². The number of aromatic nitrogens is 4. The molecule has 8 heteroatoms. The highest BCUT2D eigenvalue weighted by atomic mass is 16.7. The molecule has 1 atom stereocenters. The fraction of sp³-hybridized carbons (Fsp3) is 0.444. The van der Waals surface area contributed by atoms with Crippen molar-refractivity contribution in [3.05, 3.63) is 12.5 Å². The van der Waals surface area contributed by atoms with E-state index in [1.807, 2.05) is 0 Å². The van der Waals surface area contributed by atoms with Crippen LogP contribution < -0.4 is 10.6 Å². The lowest BCUT2D eigenvalue weighted by atomic mass is 10.3. The number of fused-ring (bicyclic) bond motifs is 1. The first-order valence-corrected chi connectivity index (χ1v) is 5.08. The fourth-order valence-corrected chi connectivity index (χ4v) is 1.28. The highest BCUT2D eigenvalue weighted by Crippen LogP contribution is 2.08. The molecule has 8 nitrogen and oxygen atoms in total. The first kappa shape index (κ1) is 11.6. The number of anilines is 1. The van der Waals surface area contributed by atoms with Crippen LogP contribution in [0.2, 0.25) is 0 Å². The summed E-state index contributed by atoms with van der Waals surface area (Å²) in [7, 11) is 0. The van der Waals surface area contributed by atoms with Crippen LogP contribution in [0.1, 0.15) is 6.42 Å². The monoisotopic (exact) mass is 239 g/mol. The molecule has 0 saturated carbocycles. The number of rotatable bonds is 5. The molecule has 0 aliphatic rings. The van der Waals surface area contributed by atoms with Gasteiger partial charge in [0, 0.05) is 6.42 Å². The molecular formula is C9H13N5O3. The molecule has 0 aliphatic heterocycles. The van der Waals surface area contributed by atoms with E-state index in [1.165, 1.54) is 17.3 Å². The van der Waals surface area contributed by atoms with E-state index < -0.39 is 6.10 Å². The summed E-state index contributed by atoms with van der Waals surface area (Å²) in [5.41, 5.74) is 6.50. The number of imidazole rings is 1. The van der Waals surface area contributed by atoms with Gasteiger partial charge in [-0.15, -0.1) is 0 Å². The van der Waals surface area contributed by atoms with Gasteiger partial charge in [0.05, 0.1) is 18.9 Å². The topological polar surface area (TPSA) is 119 Å². The van der Waals surface area contributed by atoms with E-state index >= 15 is 0 Å². The smallest absolute Gasteiger partial charge is 0.222 e. The molecule has 0 saturated heterocycles. The zero-order valence-electron chi connectivity index (χ0n) is 9.02. The third-order valence-corrected chi connectivity index (χ3v) is 2.17. The summed E-state index contributed by atoms with van der Waals surface area (Å²) in [6.45, 7) is -0.0553. The van der Waals surface area contributed by atoms with Crippen LogP contribution in [0.5, 0.6) is 0 Å². The zero-order valence-corrected chi connectivity index (χ0v) is 9.02. The first-order valence-electron chi connectivity index (χ1n) is 5.08. The molecule has 0 spiro atoms. The SMILES string of the molecule is Nc1ncc2ncn(OCCC(O)CO)c2n1. The molecule has 2 aromatic rings. The van der Waals surface area contributed by atoms with Gasteiger partial charge >= 0.3 is 0 Å². The van der Waals surface area contributed by atoms with Gasteiger partial charge in [-0.2, -0.15) is 9.71 Å². The van der Waals surface area contributed by atoms with Crippen LogP contribution in [-0.4, -0.2) is 49.2 Å². The summed E-state index contributed by atoms with van der Waals surface area (Å²) in [6, 6.07) is 0. The van der Waals surface area contributed by atoms with E-state index in [9.17, 15) is 0 Å². The summed E-state index contributed by atoms with van der Waals surface area (Å²) in [5, 5.41) is 17.8. The zero-order chi connectivity index (χ0) is 12.3. The Morgan fingerprint density at radius 1 is 1.47 bits per heavy atom. The Hall–Kier alpha value is -1.93. The average Bonchev–Trinajstić information content (AvgIpc) is 2.72. The average molecular weight is 239 g/mol. The van der Waals surface area contributed by atoms with Crippen LogP contribution in [0.25, 0.3) is 11.2 Å². The van der Waals surface area contributed by atoms with Crippen LogP contribution in [0.3, 0.4) is 0 Å². The van der Waals surface area contributed by atoms with Crippen LogP contribution in [0, 0.1) is 0 Å². The summed E-state index contributed by atoms with van der Waals surface area (Å²) >= 11 is 0. The standard InChI is InChI=1S/C9H13N5O3/c10-9-11-3-7-8(13-9)14(5-12-7)17-2-1-6(16)4-15/h3,5-6,15-16H,1-2,4H2,(H2,10,11,13). The van der Waals surface area contributed by atoms with E-state index in [0.29, 0.717) is 17.6 Å². The predicted molar refractivity (Wildman–Crippen MR) is 58.9 cm³/mol. The normalized spacial score (nSPS) is 12.8. The van der Waals surface area contributed by atoms with Gasteiger partial charge in [-0.1, -0.05) is 0 Å². The summed E-state index contributed by atoms with van der Waals surface area (Å²) < 4.78 is 1.36. The van der Waals surface area contributed by atoms with Crippen molar-refractivity contribution in [2.45, 2.75) is 12.5 Å². The molecule has 2 aromatic heterocycles. The minimum Gasteiger partial charge on any atom is -0.411 e. The van der Waals surface area contributed by atoms with Gasteiger partial charge in [-0.05, 0) is 0 Å². The summed E-state index contributed by atoms with van der Waals surface area (Å²) in [5.74, 6) is 0.137. The Morgan fingerprint density at radius 3 is 3.06 bits per heavy atom. The van der Waals surface area contributed by atoms with Crippen molar-refractivity contribution >= 4 is 17.1 Å². The molecule has 0 aliphatic carbocycles. The second kappa shape index (κ2) is 4.93. The molecule has 92 valence electrons. The van der Waals surface area contributed by atoms with Crippen molar-refractivity contribution in [3.63, 3.8) is 0 Å². The Morgan fingerprint density at radius 2 is 2.29 bits per heavy atom. The molecule has 0 fully saturated rings. The molecule has 2 rings (SSSR count). The van der Waals surface area contributed by atoms with E-state index in [4.69, 9.17) is 20.8 Å². The molecule has 0 amide bonds. The lowest BCUT2D eigenvalue weighted by molar-refractivity contribution is 0.0444. The Bertz CT molecular complexity index is 500. The van der Waals surface area contributed by atoms with Gasteiger partial charge in [0.25, 0.3) is 0 Å². The summed E-state index contributed by atoms with van der Waals surface area (Å²) in [6.07, 6.45) is 2.48. The molecule has 17 heavy (non-hydrogen) atoms. The van der Waals surface area contributed by atoms with Crippen molar-refractivity contribution in [2.75, 3.05) is 18.9 Å². The molecule has 0 aromatic carbocycles. The van der Waals surface area contributed by atoms with E-state index in [2.05, 4.69) is 15.0 Å². The largest absolute Gasteiger partial charge is 0.411 e. The maximum absolute atomic E-state index is 9.14. The maximum atomic E-state index is 9.14. The molecule has 2 heterocycles. The molecule has 0 radical (unpaired) electrons. The number of hydrogen-bond acceptors (Lipinski definition) is 7. The summed E-state index contributed by atoms with van der Waals surface area (Å²) in [4.78, 5) is 17.1. The minimum atomic E-state index is -0.788. The van der Waals surface area contributed by atoms with Gasteiger partial charge in [0.15, 0.2) is 0 Å². The lowest BCUT2D eigenvalue weighted by Crippen LogP contribution is -2.20. The second-order valence-electron chi connectivity index (χ2n) is 3.47. The van der Waals surface area contributed by atoms with Crippen LogP contribution in [0.4, 0.5) is 5.95 Å². The van der Waals surface area contributed by atoms with Crippen LogP contribution >= 0.6 is 0 Å². The highest BCUT2D eigenvalue weighted by Gasteiger charge is 2.07. The lowest BCUT2D eigenvalue weighted by Gasteiger charge is -2.09. The minimum absolute atomic E-state index is 0.137. The Labute approximate surface area is 96.6 Å². The van der Waals surface area contributed by atoms with Gasteiger partial charge < -0.3 is 20.8 Å². The van der Waals surface area contributed by atoms with Gasteiger partial charge in [0.2, 0.25) is 11.6 Å². The van der Waals surface area contributed by atoms with E-state index in [-0.39, 0.29) is 19.2 Å². The second-order valence-corrected chi connectivity index (χ2v) is 3.47. The predicted octanol–water partition coefficient (Wildman–Crippen LogP) is -1.42. The van der Waals surface area contributed by atoms with Crippen molar-refractivity contribution in [2.24, 2.45) is 0 Å². The quantitative estimate of drug-likeness (QED) is 0.585. The number of nitrogens with two attached hydrogens (primary N) is 1. The van der Waals surface area contributed by atoms with Gasteiger partial charge in [0.1, 0.15) is 18.5 Å². The number of aliphatic hydroxyl groups is 2. The molecule has 1 unspecified atom stereocenters. The van der Waals surface area contributed by atoms with Crippen molar-refractivity contribution < 1.29 is 15.1 Å². The van der Waals surface area contributed by atoms with Crippen molar-refractivity contribution in [1.82, 2.24) is 19.7 Å². The number of hydrogen-bond donors (Lipinski definition) is 3. The van der Waals surface area contributed by atoms with Gasteiger partial charge in [-0.3, -0.25) is 0 Å². The van der Waals surface area contributed by atoms with Crippen LogP contribution in [0.15, 0.2) is 12.5 Å². The first-order chi connectivity index (χ1) is 8.20. The maximum Gasteiger partial charge on any atom is 0.222 e. The number of nitrogens with zero attached hydrogens (tertiary/aromatic N) is 4. The highest BCUT2D eigenvalue weighted by molar-refractivity contribution is 5.70. The van der Waals surface area contributed by atoms with Crippen LogP contribution in [-0.2, 0) is 0 Å². The number of aliphatic hydroxyl groups excluding tert-OH is 2.